The number of rotatable bonds is 2. The van der Waals surface area contributed by atoms with E-state index < -0.39 is 0 Å². The van der Waals surface area contributed by atoms with Crippen LogP contribution in [0.3, 0.4) is 0 Å². The molecule has 0 aliphatic carbocycles. The van der Waals surface area contributed by atoms with Gasteiger partial charge in [0, 0.05) is 27.7 Å². The fraction of sp³-hybridized carbons (Fsp3) is 0.0500. The molecule has 0 aliphatic heterocycles. The number of nitrogens with zero attached hydrogens (tertiary/aromatic N) is 2. The lowest BCUT2D eigenvalue weighted by atomic mass is 10.1. The Morgan fingerprint density at radius 1 is 1.00 bits per heavy atom. The Kier molecular flexibility index (Phi) is 3.82. The first-order valence-corrected chi connectivity index (χ1v) is 8.21. The molecule has 1 N–H and O–H groups in total. The molecule has 0 bridgehead atoms. The van der Waals surface area contributed by atoms with Gasteiger partial charge in [0.25, 0.3) is 5.91 Å². The van der Waals surface area contributed by atoms with Gasteiger partial charge >= 0.3 is 0 Å². The molecule has 0 fully saturated rings. The zero-order chi connectivity index (χ0) is 17.4. The SMILES string of the molecule is Cc1cc(C(=O)Nc2ccnc3cc(Cl)ccc23)c2ccccc2n1. The molecule has 0 atom stereocenters. The quantitative estimate of drug-likeness (QED) is 0.555. The number of aryl methyl sites for hydroxylation is 1. The van der Waals surface area contributed by atoms with Crippen LogP contribution in [0.25, 0.3) is 21.8 Å². The molecule has 0 unspecified atom stereocenters. The molecule has 0 saturated heterocycles. The molecule has 4 rings (SSSR count). The molecular weight excluding hydrogens is 334 g/mol. The zero-order valence-corrected chi connectivity index (χ0v) is 14.2. The smallest absolute Gasteiger partial charge is 0.256 e. The lowest BCUT2D eigenvalue weighted by Gasteiger charge is -2.11. The number of hydrogen-bond acceptors (Lipinski definition) is 3. The minimum atomic E-state index is -0.177. The van der Waals surface area contributed by atoms with E-state index in [0.29, 0.717) is 16.3 Å². The second-order valence-electron chi connectivity index (χ2n) is 5.80. The number of hydrogen-bond donors (Lipinski definition) is 1. The average molecular weight is 348 g/mol. The molecule has 0 spiro atoms. The fourth-order valence-corrected chi connectivity index (χ4v) is 3.08. The van der Waals surface area contributed by atoms with Gasteiger partial charge in [0.05, 0.1) is 22.3 Å². The third kappa shape index (κ3) is 2.92. The summed E-state index contributed by atoms with van der Waals surface area (Å²) in [5, 5.41) is 5.27. The maximum absolute atomic E-state index is 12.9. The van der Waals surface area contributed by atoms with Crippen LogP contribution in [-0.2, 0) is 0 Å². The second-order valence-corrected chi connectivity index (χ2v) is 6.24. The first-order valence-electron chi connectivity index (χ1n) is 7.84. The standard InChI is InChI=1S/C20H14ClN3O/c1-12-10-16(14-4-2-3-5-17(14)23-12)20(25)24-18-8-9-22-19-11-13(21)6-7-15(18)19/h2-11H,1H3,(H,22,24,25). The van der Waals surface area contributed by atoms with Gasteiger partial charge in [0.1, 0.15) is 0 Å². The molecule has 4 nitrogen and oxygen atoms in total. The molecule has 1 amide bonds. The van der Waals surface area contributed by atoms with E-state index in [4.69, 9.17) is 11.6 Å². The van der Waals surface area contributed by atoms with Gasteiger partial charge in [0.2, 0.25) is 0 Å². The largest absolute Gasteiger partial charge is 0.321 e. The van der Waals surface area contributed by atoms with Crippen molar-refractivity contribution in [3.05, 3.63) is 77.1 Å². The number of carbonyl (C=O) groups is 1. The summed E-state index contributed by atoms with van der Waals surface area (Å²) in [5.74, 6) is -0.177. The number of amides is 1. The van der Waals surface area contributed by atoms with Crippen LogP contribution in [0.1, 0.15) is 16.1 Å². The van der Waals surface area contributed by atoms with Crippen LogP contribution in [0.2, 0.25) is 5.02 Å². The third-order valence-electron chi connectivity index (χ3n) is 4.04. The van der Waals surface area contributed by atoms with Crippen molar-refractivity contribution in [3.63, 3.8) is 0 Å². The second kappa shape index (κ2) is 6.15. The number of nitrogens with one attached hydrogen (secondary N) is 1. The number of benzene rings is 2. The number of halogens is 1. The Labute approximate surface area is 149 Å². The van der Waals surface area contributed by atoms with Crippen LogP contribution < -0.4 is 5.32 Å². The normalized spacial score (nSPS) is 11.0. The van der Waals surface area contributed by atoms with Gasteiger partial charge in [0.15, 0.2) is 0 Å². The number of anilines is 1. The highest BCUT2D eigenvalue weighted by atomic mass is 35.5. The molecule has 122 valence electrons. The molecule has 4 aromatic rings. The fourth-order valence-electron chi connectivity index (χ4n) is 2.92. The molecule has 5 heteroatoms. The molecule has 2 aromatic carbocycles. The summed E-state index contributed by atoms with van der Waals surface area (Å²) in [4.78, 5) is 21.7. The van der Waals surface area contributed by atoms with Crippen molar-refractivity contribution >= 4 is 45.0 Å². The summed E-state index contributed by atoms with van der Waals surface area (Å²) in [6, 6.07) is 16.6. The lowest BCUT2D eigenvalue weighted by molar-refractivity contribution is 0.102. The van der Waals surface area contributed by atoms with Gasteiger partial charge < -0.3 is 5.32 Å². The lowest BCUT2D eigenvalue weighted by Crippen LogP contribution is -2.13. The Morgan fingerprint density at radius 2 is 1.84 bits per heavy atom. The zero-order valence-electron chi connectivity index (χ0n) is 13.5. The van der Waals surface area contributed by atoms with Crippen molar-refractivity contribution in [2.45, 2.75) is 6.92 Å². The Hall–Kier alpha value is -2.98. The number of para-hydroxylation sites is 1. The van der Waals surface area contributed by atoms with Crippen LogP contribution in [0.15, 0.2) is 60.8 Å². The van der Waals surface area contributed by atoms with Crippen molar-refractivity contribution in [3.8, 4) is 0 Å². The van der Waals surface area contributed by atoms with Gasteiger partial charge in [-0.2, -0.15) is 0 Å². The third-order valence-corrected chi connectivity index (χ3v) is 4.28. The van der Waals surface area contributed by atoms with Crippen molar-refractivity contribution in [1.29, 1.82) is 0 Å². The highest BCUT2D eigenvalue weighted by molar-refractivity contribution is 6.31. The summed E-state index contributed by atoms with van der Waals surface area (Å²) < 4.78 is 0. The van der Waals surface area contributed by atoms with Crippen molar-refractivity contribution < 1.29 is 4.79 Å². The summed E-state index contributed by atoms with van der Waals surface area (Å²) >= 11 is 6.02. The van der Waals surface area contributed by atoms with Crippen molar-refractivity contribution in [2.75, 3.05) is 5.32 Å². The predicted octanol–water partition coefficient (Wildman–Crippen LogP) is 5.00. The number of fused-ring (bicyclic) bond motifs is 2. The topological polar surface area (TPSA) is 54.9 Å². The highest BCUT2D eigenvalue weighted by Gasteiger charge is 2.13. The average Bonchev–Trinajstić information content (AvgIpc) is 2.60. The predicted molar refractivity (Wildman–Crippen MR) is 101 cm³/mol. The van der Waals surface area contributed by atoms with Crippen molar-refractivity contribution in [2.24, 2.45) is 0 Å². The van der Waals surface area contributed by atoms with E-state index in [-0.39, 0.29) is 5.91 Å². The van der Waals surface area contributed by atoms with Crippen molar-refractivity contribution in [1.82, 2.24) is 9.97 Å². The number of aromatic nitrogens is 2. The van der Waals surface area contributed by atoms with Crippen LogP contribution in [0.4, 0.5) is 5.69 Å². The van der Waals surface area contributed by atoms with Gasteiger partial charge in [-0.05, 0) is 43.3 Å². The summed E-state index contributed by atoms with van der Waals surface area (Å²) in [5.41, 5.74) is 3.64. The molecule has 0 saturated carbocycles. The molecule has 25 heavy (non-hydrogen) atoms. The van der Waals surface area contributed by atoms with Crippen LogP contribution in [-0.4, -0.2) is 15.9 Å². The van der Waals surface area contributed by atoms with E-state index in [0.717, 1.165) is 27.5 Å². The first-order chi connectivity index (χ1) is 12.1. The maximum Gasteiger partial charge on any atom is 0.256 e. The van der Waals surface area contributed by atoms with Gasteiger partial charge in [-0.15, -0.1) is 0 Å². The minimum Gasteiger partial charge on any atom is -0.321 e. The molecule has 2 heterocycles. The Balaban J connectivity index is 1.79. The van der Waals surface area contributed by atoms with Crippen LogP contribution >= 0.6 is 11.6 Å². The van der Waals surface area contributed by atoms with Gasteiger partial charge in [-0.3, -0.25) is 14.8 Å². The Morgan fingerprint density at radius 3 is 2.72 bits per heavy atom. The molecular formula is C20H14ClN3O. The van der Waals surface area contributed by atoms with Gasteiger partial charge in [-0.25, -0.2) is 0 Å². The maximum atomic E-state index is 12.9. The van der Waals surface area contributed by atoms with Gasteiger partial charge in [-0.1, -0.05) is 29.8 Å². The van der Waals surface area contributed by atoms with Crippen LogP contribution in [0, 0.1) is 6.92 Å². The van der Waals surface area contributed by atoms with E-state index >= 15 is 0 Å². The monoisotopic (exact) mass is 347 g/mol. The van der Waals surface area contributed by atoms with E-state index in [2.05, 4.69) is 15.3 Å². The Bertz CT molecular complexity index is 1120. The van der Waals surface area contributed by atoms with E-state index in [1.807, 2.05) is 37.3 Å². The van der Waals surface area contributed by atoms with Crippen LogP contribution in [0.5, 0.6) is 0 Å². The molecule has 0 radical (unpaired) electrons. The number of carbonyl (C=O) groups excluding carboxylic acids is 1. The highest BCUT2D eigenvalue weighted by Crippen LogP contribution is 2.26. The summed E-state index contributed by atoms with van der Waals surface area (Å²) in [6.45, 7) is 1.88. The molecule has 2 aromatic heterocycles. The van der Waals surface area contributed by atoms with E-state index in [1.54, 1.807) is 30.5 Å². The minimum absolute atomic E-state index is 0.177. The summed E-state index contributed by atoms with van der Waals surface area (Å²) in [7, 11) is 0. The van der Waals surface area contributed by atoms with E-state index in [1.165, 1.54) is 0 Å². The molecule has 0 aliphatic rings. The summed E-state index contributed by atoms with van der Waals surface area (Å²) in [6.07, 6.45) is 1.66. The number of pyridine rings is 2. The first kappa shape index (κ1) is 15.5. The van der Waals surface area contributed by atoms with E-state index in [9.17, 15) is 4.79 Å².